The van der Waals surface area contributed by atoms with E-state index >= 15 is 0 Å². The smallest absolute Gasteiger partial charge is 0.326 e. The van der Waals surface area contributed by atoms with Crippen molar-refractivity contribution in [3.8, 4) is 11.4 Å². The Morgan fingerprint density at radius 1 is 1.28 bits per heavy atom. The predicted molar refractivity (Wildman–Crippen MR) is 92.2 cm³/mol. The van der Waals surface area contributed by atoms with Crippen LogP contribution in [0, 0.1) is 13.8 Å². The zero-order chi connectivity index (χ0) is 18.0. The standard InChI is InChI=1S/C17H19N5O3/c1-10-14(11(2)22(3)20-10)8-9-15(23)18-13-6-4-12(5-7-13)16-19-17(24)25-21-16/h4-7H,8-9H2,1-3H3,(H,18,23)(H,19,21,24). The average Bonchev–Trinajstić information content (AvgIpc) is 3.11. The lowest BCUT2D eigenvalue weighted by Crippen LogP contribution is -2.12. The quantitative estimate of drug-likeness (QED) is 0.738. The molecule has 0 bridgehead atoms. The highest BCUT2D eigenvalue weighted by Crippen LogP contribution is 2.18. The molecule has 0 aliphatic rings. The van der Waals surface area contributed by atoms with Crippen LogP contribution in [0.2, 0.25) is 0 Å². The van der Waals surface area contributed by atoms with Gasteiger partial charge in [0.05, 0.1) is 5.69 Å². The first kappa shape index (κ1) is 16.7. The minimum Gasteiger partial charge on any atom is -0.326 e. The van der Waals surface area contributed by atoms with E-state index in [1.807, 2.05) is 25.6 Å². The van der Waals surface area contributed by atoms with E-state index in [2.05, 4.69) is 25.1 Å². The highest BCUT2D eigenvalue weighted by molar-refractivity contribution is 5.91. The zero-order valence-electron chi connectivity index (χ0n) is 14.3. The van der Waals surface area contributed by atoms with Crippen LogP contribution in [0.3, 0.4) is 0 Å². The van der Waals surface area contributed by atoms with E-state index < -0.39 is 5.76 Å². The Hall–Kier alpha value is -3.16. The summed E-state index contributed by atoms with van der Waals surface area (Å²) in [5.41, 5.74) is 4.53. The monoisotopic (exact) mass is 341 g/mol. The van der Waals surface area contributed by atoms with Gasteiger partial charge in [-0.05, 0) is 50.1 Å². The highest BCUT2D eigenvalue weighted by atomic mass is 16.5. The Kier molecular flexibility index (Phi) is 4.51. The lowest BCUT2D eigenvalue weighted by atomic mass is 10.1. The molecule has 1 aromatic carbocycles. The first-order valence-electron chi connectivity index (χ1n) is 7.89. The molecular formula is C17H19N5O3. The van der Waals surface area contributed by atoms with E-state index in [9.17, 15) is 9.59 Å². The summed E-state index contributed by atoms with van der Waals surface area (Å²) in [6, 6.07) is 7.00. The van der Waals surface area contributed by atoms with Crippen LogP contribution in [0.1, 0.15) is 23.4 Å². The van der Waals surface area contributed by atoms with E-state index in [0.29, 0.717) is 29.9 Å². The molecule has 0 unspecified atom stereocenters. The first-order valence-corrected chi connectivity index (χ1v) is 7.89. The summed E-state index contributed by atoms with van der Waals surface area (Å²) in [5, 5.41) is 10.8. The fourth-order valence-electron chi connectivity index (χ4n) is 2.71. The van der Waals surface area contributed by atoms with Gasteiger partial charge in [0.1, 0.15) is 0 Å². The Bertz CT molecular complexity index is 950. The van der Waals surface area contributed by atoms with Crippen molar-refractivity contribution in [2.24, 2.45) is 7.05 Å². The van der Waals surface area contributed by atoms with Crippen LogP contribution < -0.4 is 11.1 Å². The molecule has 2 aromatic heterocycles. The van der Waals surface area contributed by atoms with Gasteiger partial charge in [0.2, 0.25) is 5.91 Å². The van der Waals surface area contributed by atoms with Gasteiger partial charge in [0, 0.05) is 30.4 Å². The summed E-state index contributed by atoms with van der Waals surface area (Å²) >= 11 is 0. The molecular weight excluding hydrogens is 322 g/mol. The number of hydrogen-bond donors (Lipinski definition) is 2. The fraction of sp³-hybridized carbons (Fsp3) is 0.294. The van der Waals surface area contributed by atoms with Crippen LogP contribution in [0.5, 0.6) is 0 Å². The van der Waals surface area contributed by atoms with Gasteiger partial charge in [0.15, 0.2) is 5.82 Å². The molecule has 0 fully saturated rings. The molecule has 8 nitrogen and oxygen atoms in total. The van der Waals surface area contributed by atoms with Gasteiger partial charge in [-0.2, -0.15) is 5.10 Å². The van der Waals surface area contributed by atoms with Gasteiger partial charge in [-0.15, -0.1) is 0 Å². The predicted octanol–water partition coefficient (Wildman–Crippen LogP) is 1.95. The third-order valence-corrected chi connectivity index (χ3v) is 4.14. The highest BCUT2D eigenvalue weighted by Gasteiger charge is 2.12. The number of carbonyl (C=O) groups is 1. The van der Waals surface area contributed by atoms with Crippen molar-refractivity contribution in [1.29, 1.82) is 0 Å². The second-order valence-electron chi connectivity index (χ2n) is 5.84. The van der Waals surface area contributed by atoms with E-state index in [0.717, 1.165) is 17.0 Å². The number of aromatic nitrogens is 4. The van der Waals surface area contributed by atoms with E-state index in [1.165, 1.54) is 0 Å². The maximum Gasteiger partial charge on any atom is 0.439 e. The summed E-state index contributed by atoms with van der Waals surface area (Å²) < 4.78 is 6.30. The number of H-pyrrole nitrogens is 1. The topological polar surface area (TPSA) is 106 Å². The number of nitrogens with one attached hydrogen (secondary N) is 2. The van der Waals surface area contributed by atoms with Crippen LogP contribution in [0.15, 0.2) is 33.6 Å². The van der Waals surface area contributed by atoms with E-state index in [1.54, 1.807) is 24.3 Å². The van der Waals surface area contributed by atoms with Crippen molar-refractivity contribution in [3.63, 3.8) is 0 Å². The largest absolute Gasteiger partial charge is 0.439 e. The minimum atomic E-state index is -0.603. The Morgan fingerprint density at radius 3 is 2.56 bits per heavy atom. The second-order valence-corrected chi connectivity index (χ2v) is 5.84. The third-order valence-electron chi connectivity index (χ3n) is 4.14. The first-order chi connectivity index (χ1) is 11.9. The SMILES string of the molecule is Cc1nn(C)c(C)c1CCC(=O)Nc1ccc(-c2noc(=O)[nH]2)cc1. The number of nitrogens with zero attached hydrogens (tertiary/aromatic N) is 3. The van der Waals surface area contributed by atoms with Gasteiger partial charge in [0.25, 0.3) is 0 Å². The van der Waals surface area contributed by atoms with E-state index in [-0.39, 0.29) is 5.91 Å². The van der Waals surface area contributed by atoms with Crippen molar-refractivity contribution in [2.75, 3.05) is 5.32 Å². The van der Waals surface area contributed by atoms with Crippen LogP contribution in [-0.2, 0) is 18.3 Å². The zero-order valence-corrected chi connectivity index (χ0v) is 14.3. The van der Waals surface area contributed by atoms with Gasteiger partial charge >= 0.3 is 5.76 Å². The number of benzene rings is 1. The van der Waals surface area contributed by atoms with Crippen molar-refractivity contribution >= 4 is 11.6 Å². The lowest BCUT2D eigenvalue weighted by Gasteiger charge is -2.06. The summed E-state index contributed by atoms with van der Waals surface area (Å²) in [5.74, 6) is -0.316. The number of anilines is 1. The number of aromatic amines is 1. The molecule has 0 saturated carbocycles. The number of amides is 1. The van der Waals surface area contributed by atoms with Gasteiger partial charge in [-0.1, -0.05) is 5.16 Å². The van der Waals surface area contributed by atoms with Crippen molar-refractivity contribution in [2.45, 2.75) is 26.7 Å². The number of aryl methyl sites for hydroxylation is 2. The molecule has 8 heteroatoms. The number of hydrogen-bond acceptors (Lipinski definition) is 5. The molecule has 2 heterocycles. The normalized spacial score (nSPS) is 10.8. The number of carbonyl (C=O) groups excluding carboxylic acids is 1. The third kappa shape index (κ3) is 3.68. The van der Waals surface area contributed by atoms with Crippen LogP contribution in [0.4, 0.5) is 5.69 Å². The van der Waals surface area contributed by atoms with Crippen LogP contribution in [-0.4, -0.2) is 25.8 Å². The summed E-state index contributed by atoms with van der Waals surface area (Å²) in [6.07, 6.45) is 1.03. The van der Waals surface area contributed by atoms with Crippen LogP contribution in [0.25, 0.3) is 11.4 Å². The molecule has 1 amide bonds. The van der Waals surface area contributed by atoms with Gasteiger partial charge in [-0.3, -0.25) is 19.0 Å². The molecule has 2 N–H and O–H groups in total. The maximum absolute atomic E-state index is 12.2. The number of rotatable bonds is 5. The second kappa shape index (κ2) is 6.76. The molecule has 0 saturated heterocycles. The molecule has 0 spiro atoms. The van der Waals surface area contributed by atoms with E-state index in [4.69, 9.17) is 0 Å². The summed E-state index contributed by atoms with van der Waals surface area (Å²) in [7, 11) is 1.90. The molecule has 0 atom stereocenters. The van der Waals surface area contributed by atoms with Gasteiger partial charge in [-0.25, -0.2) is 4.79 Å². The van der Waals surface area contributed by atoms with Crippen molar-refractivity contribution in [3.05, 3.63) is 51.8 Å². The van der Waals surface area contributed by atoms with Gasteiger partial charge < -0.3 is 5.32 Å². The fourth-order valence-corrected chi connectivity index (χ4v) is 2.71. The molecule has 0 radical (unpaired) electrons. The maximum atomic E-state index is 12.2. The summed E-state index contributed by atoms with van der Waals surface area (Å²) in [4.78, 5) is 25.6. The molecule has 25 heavy (non-hydrogen) atoms. The van der Waals surface area contributed by atoms with Crippen molar-refractivity contribution in [1.82, 2.24) is 19.9 Å². The molecule has 0 aliphatic carbocycles. The Labute approximate surface area is 143 Å². The minimum absolute atomic E-state index is 0.0646. The Balaban J connectivity index is 1.60. The lowest BCUT2D eigenvalue weighted by molar-refractivity contribution is -0.116. The van der Waals surface area contributed by atoms with Crippen molar-refractivity contribution < 1.29 is 9.32 Å². The Morgan fingerprint density at radius 2 is 2.00 bits per heavy atom. The average molecular weight is 341 g/mol. The summed E-state index contributed by atoms with van der Waals surface area (Å²) in [6.45, 7) is 3.95. The molecule has 0 aliphatic heterocycles. The van der Waals surface area contributed by atoms with Crippen LogP contribution >= 0.6 is 0 Å². The molecule has 130 valence electrons. The molecule has 3 rings (SSSR count). The molecule has 3 aromatic rings.